The summed E-state index contributed by atoms with van der Waals surface area (Å²) in [5, 5.41) is 39.8. The topological polar surface area (TPSA) is 169 Å². The lowest BCUT2D eigenvalue weighted by Crippen LogP contribution is -2.60. The molecule has 0 saturated carbocycles. The Morgan fingerprint density at radius 1 is 0.526 bits per heavy atom. The molecule has 1 saturated heterocycles. The molecule has 0 aromatic rings. The summed E-state index contributed by atoms with van der Waals surface area (Å²) in [7, 11) is 0. The first kappa shape index (κ1) is 53.0. The molecular formula is C46H84O11. The predicted molar refractivity (Wildman–Crippen MR) is 225 cm³/mol. The Kier molecular flexibility index (Phi) is 34.4. The van der Waals surface area contributed by atoms with E-state index in [2.05, 4.69) is 26.0 Å². The van der Waals surface area contributed by atoms with E-state index in [-0.39, 0.29) is 26.1 Å². The van der Waals surface area contributed by atoms with E-state index in [9.17, 15) is 34.8 Å². The lowest BCUT2D eigenvalue weighted by atomic mass is 9.99. The van der Waals surface area contributed by atoms with E-state index in [0.717, 1.165) is 38.5 Å². The minimum Gasteiger partial charge on any atom is -0.479 e. The van der Waals surface area contributed by atoms with Gasteiger partial charge in [-0.3, -0.25) is 9.59 Å². The van der Waals surface area contributed by atoms with Crippen molar-refractivity contribution in [1.82, 2.24) is 0 Å². The summed E-state index contributed by atoms with van der Waals surface area (Å²) in [5.74, 6) is -2.44. The number of unbranched alkanes of at least 4 members (excludes halogenated alkanes) is 26. The second-order valence-electron chi connectivity index (χ2n) is 16.3. The van der Waals surface area contributed by atoms with Crippen LogP contribution < -0.4 is 0 Å². The highest BCUT2D eigenvalue weighted by Crippen LogP contribution is 2.23. The van der Waals surface area contributed by atoms with Crippen molar-refractivity contribution in [3.05, 3.63) is 12.2 Å². The van der Waals surface area contributed by atoms with Crippen LogP contribution in [-0.2, 0) is 33.3 Å². The van der Waals surface area contributed by atoms with Crippen molar-refractivity contribution in [1.29, 1.82) is 0 Å². The molecule has 6 unspecified atom stereocenters. The largest absolute Gasteiger partial charge is 0.479 e. The SMILES string of the molecule is CCCCCCCCCC/C=C\CCCCCCCCCCCC(=O)OCC(COC1OC(C(=O)O)C(O)C(O)C1O)OC(=O)CCCCCCCCCCCC. The van der Waals surface area contributed by atoms with Gasteiger partial charge < -0.3 is 39.4 Å². The van der Waals surface area contributed by atoms with Crippen molar-refractivity contribution >= 4 is 17.9 Å². The summed E-state index contributed by atoms with van der Waals surface area (Å²) in [6.45, 7) is 3.80. The van der Waals surface area contributed by atoms with E-state index >= 15 is 0 Å². The van der Waals surface area contributed by atoms with Crippen molar-refractivity contribution in [2.24, 2.45) is 0 Å². The van der Waals surface area contributed by atoms with Crippen LogP contribution in [-0.4, -0.2) is 88.4 Å². The number of carboxylic acids is 1. The maximum absolute atomic E-state index is 12.7. The average Bonchev–Trinajstić information content (AvgIpc) is 3.19. The molecule has 6 atom stereocenters. The van der Waals surface area contributed by atoms with E-state index in [4.69, 9.17) is 18.9 Å². The number of carboxylic acid groups (broad SMARTS) is 1. The highest BCUT2D eigenvalue weighted by Gasteiger charge is 2.47. The average molecular weight is 813 g/mol. The first-order chi connectivity index (χ1) is 27.7. The van der Waals surface area contributed by atoms with Crippen molar-refractivity contribution in [3.63, 3.8) is 0 Å². The molecule has 1 aliphatic heterocycles. The Bertz CT molecular complexity index is 1000. The van der Waals surface area contributed by atoms with E-state index in [1.807, 2.05) is 0 Å². The van der Waals surface area contributed by atoms with Gasteiger partial charge in [-0.2, -0.15) is 0 Å². The Labute approximate surface area is 346 Å². The van der Waals surface area contributed by atoms with E-state index < -0.39 is 54.7 Å². The minimum atomic E-state index is -1.86. The summed E-state index contributed by atoms with van der Waals surface area (Å²) in [4.78, 5) is 36.7. The second-order valence-corrected chi connectivity index (χ2v) is 16.3. The smallest absolute Gasteiger partial charge is 0.335 e. The Morgan fingerprint density at radius 3 is 1.37 bits per heavy atom. The fourth-order valence-electron chi connectivity index (χ4n) is 7.17. The quantitative estimate of drug-likeness (QED) is 0.0265. The third-order valence-electron chi connectivity index (χ3n) is 10.9. The van der Waals surface area contributed by atoms with E-state index in [1.165, 1.54) is 135 Å². The Hall–Kier alpha value is -2.05. The van der Waals surface area contributed by atoms with Gasteiger partial charge in [-0.15, -0.1) is 0 Å². The van der Waals surface area contributed by atoms with Gasteiger partial charge in [-0.05, 0) is 38.5 Å². The Morgan fingerprint density at radius 2 is 0.930 bits per heavy atom. The molecule has 1 heterocycles. The lowest BCUT2D eigenvalue weighted by molar-refractivity contribution is -0.298. The number of allylic oxidation sites excluding steroid dienone is 2. The molecule has 1 rings (SSSR count). The van der Waals surface area contributed by atoms with Gasteiger partial charge in [0, 0.05) is 12.8 Å². The van der Waals surface area contributed by atoms with Crippen LogP contribution in [0.1, 0.15) is 213 Å². The van der Waals surface area contributed by atoms with Crippen LogP contribution in [0.3, 0.4) is 0 Å². The molecule has 0 bridgehead atoms. The molecule has 4 N–H and O–H groups in total. The van der Waals surface area contributed by atoms with Crippen LogP contribution in [0.25, 0.3) is 0 Å². The molecule has 0 aromatic carbocycles. The highest BCUT2D eigenvalue weighted by molar-refractivity contribution is 5.73. The van der Waals surface area contributed by atoms with Crippen LogP contribution in [0.4, 0.5) is 0 Å². The maximum Gasteiger partial charge on any atom is 0.335 e. The van der Waals surface area contributed by atoms with Gasteiger partial charge in [0.15, 0.2) is 18.5 Å². The van der Waals surface area contributed by atoms with Crippen molar-refractivity contribution in [2.45, 2.75) is 250 Å². The number of hydrogen-bond acceptors (Lipinski definition) is 10. The third kappa shape index (κ3) is 28.9. The number of hydrogen-bond donors (Lipinski definition) is 4. The zero-order valence-electron chi connectivity index (χ0n) is 36.1. The lowest BCUT2D eigenvalue weighted by Gasteiger charge is -2.38. The molecule has 0 radical (unpaired) electrons. The molecule has 334 valence electrons. The Balaban J connectivity index is 2.28. The summed E-state index contributed by atoms with van der Waals surface area (Å²) in [6, 6.07) is 0. The molecule has 57 heavy (non-hydrogen) atoms. The predicted octanol–water partition coefficient (Wildman–Crippen LogP) is 10.0. The van der Waals surface area contributed by atoms with Crippen LogP contribution in [0, 0.1) is 0 Å². The fourth-order valence-corrected chi connectivity index (χ4v) is 7.17. The van der Waals surface area contributed by atoms with E-state index in [1.54, 1.807) is 0 Å². The number of esters is 2. The van der Waals surface area contributed by atoms with Crippen molar-refractivity contribution in [3.8, 4) is 0 Å². The molecule has 0 aliphatic carbocycles. The zero-order chi connectivity index (χ0) is 41.8. The van der Waals surface area contributed by atoms with Crippen LogP contribution in [0.5, 0.6) is 0 Å². The van der Waals surface area contributed by atoms with Crippen LogP contribution >= 0.6 is 0 Å². The highest BCUT2D eigenvalue weighted by atomic mass is 16.7. The minimum absolute atomic E-state index is 0.187. The standard InChI is InChI=1S/C46H84O11/c1-3-5-7-9-11-13-15-16-17-18-19-20-21-22-23-24-25-27-28-30-32-34-39(47)54-36-38(37-55-46-43(51)41(49)42(50)44(57-46)45(52)53)56-40(48)35-33-31-29-26-14-12-10-8-6-4-2/h18-19,38,41-44,46,49-51H,3-17,20-37H2,1-2H3,(H,52,53)/b19-18-. The van der Waals surface area contributed by atoms with Crippen LogP contribution in [0.15, 0.2) is 12.2 Å². The number of aliphatic hydroxyl groups excluding tert-OH is 3. The third-order valence-corrected chi connectivity index (χ3v) is 10.9. The number of aliphatic carboxylic acids is 1. The molecule has 11 heteroatoms. The maximum atomic E-state index is 12.7. The van der Waals surface area contributed by atoms with Gasteiger partial charge in [-0.25, -0.2) is 4.79 Å². The number of carbonyl (C=O) groups is 3. The fraction of sp³-hybridized carbons (Fsp3) is 0.891. The summed E-state index contributed by atoms with van der Waals surface area (Å²) in [5.41, 5.74) is 0. The number of rotatable bonds is 39. The van der Waals surface area contributed by atoms with Crippen molar-refractivity contribution < 1.29 is 53.8 Å². The molecule has 1 fully saturated rings. The number of ether oxygens (including phenoxy) is 4. The van der Waals surface area contributed by atoms with Gasteiger partial charge in [-0.1, -0.05) is 174 Å². The second kappa shape index (κ2) is 37.0. The molecule has 11 nitrogen and oxygen atoms in total. The van der Waals surface area contributed by atoms with Gasteiger partial charge in [0.2, 0.25) is 0 Å². The first-order valence-corrected chi connectivity index (χ1v) is 23.2. The zero-order valence-corrected chi connectivity index (χ0v) is 36.1. The van der Waals surface area contributed by atoms with Crippen LogP contribution in [0.2, 0.25) is 0 Å². The summed E-state index contributed by atoms with van der Waals surface area (Å²) >= 11 is 0. The molecule has 1 aliphatic rings. The van der Waals surface area contributed by atoms with Gasteiger partial charge in [0.05, 0.1) is 6.61 Å². The van der Waals surface area contributed by atoms with Gasteiger partial charge in [0.25, 0.3) is 0 Å². The number of carbonyl (C=O) groups excluding carboxylic acids is 2. The van der Waals surface area contributed by atoms with Crippen molar-refractivity contribution in [2.75, 3.05) is 13.2 Å². The number of aliphatic hydroxyl groups is 3. The van der Waals surface area contributed by atoms with Gasteiger partial charge in [0.1, 0.15) is 24.9 Å². The normalized spacial score (nSPS) is 20.2. The summed E-state index contributed by atoms with van der Waals surface area (Å²) in [6.07, 6.45) is 29.9. The monoisotopic (exact) mass is 813 g/mol. The molecule has 0 amide bonds. The summed E-state index contributed by atoms with van der Waals surface area (Å²) < 4.78 is 21.7. The molecule has 0 aromatic heterocycles. The molecule has 0 spiro atoms. The van der Waals surface area contributed by atoms with Gasteiger partial charge >= 0.3 is 17.9 Å². The first-order valence-electron chi connectivity index (χ1n) is 23.2. The molecular weight excluding hydrogens is 728 g/mol. The van der Waals surface area contributed by atoms with E-state index in [0.29, 0.717) is 12.8 Å².